The predicted octanol–water partition coefficient (Wildman–Crippen LogP) is 4.93. The molecule has 0 aliphatic heterocycles. The molecule has 0 aliphatic rings. The minimum atomic E-state index is 0.663. The first-order valence-corrected chi connectivity index (χ1v) is 10.8. The standard InChI is InChI=1S/C25H21N7O/c1-2-26-11-15-9-18(13-27-12-15)16-3-4-21-20(10-16)23(32-31-21)25-29-22-19(17-6-8-33-14-17)5-7-28-24(22)30-25/h3-10,12-14,26H,2,11H2,1H3,(H,31,32)(H,28,29,30). The smallest absolute Gasteiger partial charge is 0.160 e. The van der Waals surface area contributed by atoms with Gasteiger partial charge in [0.05, 0.1) is 18.0 Å². The number of fused-ring (bicyclic) bond motifs is 2. The van der Waals surface area contributed by atoms with Crippen LogP contribution in [0.2, 0.25) is 0 Å². The number of aromatic amines is 2. The van der Waals surface area contributed by atoms with Crippen molar-refractivity contribution in [2.24, 2.45) is 0 Å². The SMILES string of the molecule is CCNCc1cncc(-c2ccc3[nH]nc(-c4nc5c(-c6ccoc6)ccnc5[nH]4)c3c2)c1. The lowest BCUT2D eigenvalue weighted by molar-refractivity contribution is 0.568. The van der Waals surface area contributed by atoms with E-state index < -0.39 is 0 Å². The van der Waals surface area contributed by atoms with E-state index >= 15 is 0 Å². The lowest BCUT2D eigenvalue weighted by Crippen LogP contribution is -2.11. The number of benzene rings is 1. The van der Waals surface area contributed by atoms with Crippen LogP contribution in [0.1, 0.15) is 12.5 Å². The largest absolute Gasteiger partial charge is 0.472 e. The molecular formula is C25H21N7O. The van der Waals surface area contributed by atoms with E-state index in [0.29, 0.717) is 11.5 Å². The fourth-order valence-electron chi connectivity index (χ4n) is 4.06. The highest BCUT2D eigenvalue weighted by Crippen LogP contribution is 2.32. The number of H-pyrrole nitrogens is 2. The molecule has 0 unspecified atom stereocenters. The highest BCUT2D eigenvalue weighted by atomic mass is 16.3. The molecule has 33 heavy (non-hydrogen) atoms. The summed E-state index contributed by atoms with van der Waals surface area (Å²) >= 11 is 0. The molecule has 0 fully saturated rings. The molecule has 3 N–H and O–H groups in total. The van der Waals surface area contributed by atoms with E-state index in [0.717, 1.165) is 63.0 Å². The van der Waals surface area contributed by atoms with Gasteiger partial charge in [-0.2, -0.15) is 5.10 Å². The first kappa shape index (κ1) is 19.4. The first-order chi connectivity index (χ1) is 16.3. The highest BCUT2D eigenvalue weighted by molar-refractivity contribution is 5.97. The van der Waals surface area contributed by atoms with Crippen LogP contribution >= 0.6 is 0 Å². The zero-order chi connectivity index (χ0) is 22.2. The van der Waals surface area contributed by atoms with Crippen LogP contribution in [0.4, 0.5) is 0 Å². The third-order valence-electron chi connectivity index (χ3n) is 5.71. The molecule has 8 heteroatoms. The van der Waals surface area contributed by atoms with Crippen LogP contribution in [-0.4, -0.2) is 36.7 Å². The average Bonchev–Trinajstić information content (AvgIpc) is 3.61. The Morgan fingerprint density at radius 1 is 1.03 bits per heavy atom. The lowest BCUT2D eigenvalue weighted by atomic mass is 10.0. The van der Waals surface area contributed by atoms with E-state index in [2.05, 4.69) is 55.6 Å². The second-order valence-corrected chi connectivity index (χ2v) is 7.85. The van der Waals surface area contributed by atoms with Gasteiger partial charge in [0.25, 0.3) is 0 Å². The number of hydrogen-bond donors (Lipinski definition) is 3. The Bertz CT molecular complexity index is 1560. The van der Waals surface area contributed by atoms with Crippen LogP contribution in [0.25, 0.3) is 55.8 Å². The zero-order valence-corrected chi connectivity index (χ0v) is 18.0. The van der Waals surface area contributed by atoms with E-state index in [1.54, 1.807) is 18.7 Å². The Balaban J connectivity index is 1.44. The Hall–Kier alpha value is -4.30. The molecule has 0 aliphatic carbocycles. The molecule has 0 saturated carbocycles. The summed E-state index contributed by atoms with van der Waals surface area (Å²) < 4.78 is 5.25. The summed E-state index contributed by atoms with van der Waals surface area (Å²) in [4.78, 5) is 17.1. The maximum atomic E-state index is 5.25. The highest BCUT2D eigenvalue weighted by Gasteiger charge is 2.16. The number of nitrogens with one attached hydrogen (secondary N) is 3. The summed E-state index contributed by atoms with van der Waals surface area (Å²) in [5.41, 5.74) is 8.38. The number of pyridine rings is 2. The van der Waals surface area contributed by atoms with Crippen LogP contribution < -0.4 is 5.32 Å². The molecule has 0 amide bonds. The second kappa shape index (κ2) is 7.99. The Morgan fingerprint density at radius 3 is 2.88 bits per heavy atom. The monoisotopic (exact) mass is 435 g/mol. The predicted molar refractivity (Wildman–Crippen MR) is 127 cm³/mol. The van der Waals surface area contributed by atoms with Gasteiger partial charge in [-0.05, 0) is 48.0 Å². The average molecular weight is 435 g/mol. The number of imidazole rings is 1. The van der Waals surface area contributed by atoms with Crippen molar-refractivity contribution >= 4 is 22.1 Å². The molecule has 0 spiro atoms. The normalized spacial score (nSPS) is 11.5. The number of hydrogen-bond acceptors (Lipinski definition) is 6. The third-order valence-corrected chi connectivity index (χ3v) is 5.71. The third kappa shape index (κ3) is 3.46. The van der Waals surface area contributed by atoms with Crippen LogP contribution in [0.15, 0.2) is 71.9 Å². The lowest BCUT2D eigenvalue weighted by Gasteiger charge is -2.06. The van der Waals surface area contributed by atoms with Gasteiger partial charge in [-0.3, -0.25) is 10.1 Å². The van der Waals surface area contributed by atoms with Crippen molar-refractivity contribution < 1.29 is 4.42 Å². The van der Waals surface area contributed by atoms with E-state index in [1.165, 1.54) is 0 Å². The van der Waals surface area contributed by atoms with Crippen molar-refractivity contribution in [1.82, 2.24) is 35.5 Å². The summed E-state index contributed by atoms with van der Waals surface area (Å²) in [6, 6.07) is 12.3. The number of aromatic nitrogens is 6. The van der Waals surface area contributed by atoms with Gasteiger partial charge in [0, 0.05) is 47.2 Å². The molecule has 0 radical (unpaired) electrons. The van der Waals surface area contributed by atoms with Gasteiger partial charge < -0.3 is 14.7 Å². The molecule has 0 bridgehead atoms. The maximum Gasteiger partial charge on any atom is 0.160 e. The van der Waals surface area contributed by atoms with Crippen molar-refractivity contribution in [3.63, 3.8) is 0 Å². The van der Waals surface area contributed by atoms with Gasteiger partial charge in [0.1, 0.15) is 11.2 Å². The molecule has 5 heterocycles. The molecule has 0 atom stereocenters. The van der Waals surface area contributed by atoms with E-state index in [1.807, 2.05) is 30.6 Å². The van der Waals surface area contributed by atoms with E-state index in [-0.39, 0.29) is 0 Å². The van der Waals surface area contributed by atoms with Crippen LogP contribution in [0, 0.1) is 0 Å². The number of rotatable bonds is 6. The van der Waals surface area contributed by atoms with Crippen molar-refractivity contribution in [3.05, 3.63) is 73.1 Å². The zero-order valence-electron chi connectivity index (χ0n) is 18.0. The molecule has 6 rings (SSSR count). The molecule has 6 aromatic rings. The van der Waals surface area contributed by atoms with Crippen molar-refractivity contribution in [3.8, 4) is 33.8 Å². The summed E-state index contributed by atoms with van der Waals surface area (Å²) in [6.07, 6.45) is 8.91. The molecule has 8 nitrogen and oxygen atoms in total. The van der Waals surface area contributed by atoms with Crippen LogP contribution in [-0.2, 0) is 6.54 Å². The van der Waals surface area contributed by atoms with Crippen molar-refractivity contribution in [1.29, 1.82) is 0 Å². The van der Waals surface area contributed by atoms with Gasteiger partial charge in [0.2, 0.25) is 0 Å². The molecule has 1 aromatic carbocycles. The van der Waals surface area contributed by atoms with Gasteiger partial charge in [-0.1, -0.05) is 13.0 Å². The summed E-state index contributed by atoms with van der Waals surface area (Å²) in [6.45, 7) is 3.81. The first-order valence-electron chi connectivity index (χ1n) is 10.8. The summed E-state index contributed by atoms with van der Waals surface area (Å²) in [7, 11) is 0. The Kier molecular flexibility index (Phi) is 4.70. The molecule has 162 valence electrons. The fourth-order valence-corrected chi connectivity index (χ4v) is 4.06. The van der Waals surface area contributed by atoms with Gasteiger partial charge >= 0.3 is 0 Å². The minimum Gasteiger partial charge on any atom is -0.472 e. The Labute approximate surface area is 189 Å². The number of furan rings is 1. The fraction of sp³-hybridized carbons (Fsp3) is 0.120. The quantitative estimate of drug-likeness (QED) is 0.342. The van der Waals surface area contributed by atoms with Gasteiger partial charge in [-0.25, -0.2) is 9.97 Å². The minimum absolute atomic E-state index is 0.663. The number of nitrogens with zero attached hydrogens (tertiary/aromatic N) is 4. The van der Waals surface area contributed by atoms with Gasteiger partial charge in [0.15, 0.2) is 11.5 Å². The Morgan fingerprint density at radius 2 is 2.00 bits per heavy atom. The van der Waals surface area contributed by atoms with Gasteiger partial charge in [-0.15, -0.1) is 0 Å². The van der Waals surface area contributed by atoms with Crippen LogP contribution in [0.3, 0.4) is 0 Å². The van der Waals surface area contributed by atoms with E-state index in [4.69, 9.17) is 9.40 Å². The van der Waals surface area contributed by atoms with Crippen molar-refractivity contribution in [2.45, 2.75) is 13.5 Å². The summed E-state index contributed by atoms with van der Waals surface area (Å²) in [5, 5.41) is 12.0. The van der Waals surface area contributed by atoms with Crippen molar-refractivity contribution in [2.75, 3.05) is 6.54 Å². The molecule has 0 saturated heterocycles. The topological polar surface area (TPSA) is 108 Å². The second-order valence-electron chi connectivity index (χ2n) is 7.85. The maximum absolute atomic E-state index is 5.25. The summed E-state index contributed by atoms with van der Waals surface area (Å²) in [5.74, 6) is 0.663. The molecular weight excluding hydrogens is 414 g/mol. The van der Waals surface area contributed by atoms with E-state index in [9.17, 15) is 0 Å². The van der Waals surface area contributed by atoms with Crippen LogP contribution in [0.5, 0.6) is 0 Å². The molecule has 5 aromatic heterocycles.